The summed E-state index contributed by atoms with van der Waals surface area (Å²) in [6.07, 6.45) is 0.888. The van der Waals surface area contributed by atoms with Gasteiger partial charge in [-0.05, 0) is 25.3 Å². The molecule has 4 nitrogen and oxygen atoms in total. The van der Waals surface area contributed by atoms with Gasteiger partial charge < -0.3 is 10.4 Å². The lowest BCUT2D eigenvalue weighted by Crippen LogP contribution is -2.66. The number of aliphatic hydroxyl groups is 1. The van der Waals surface area contributed by atoms with Crippen LogP contribution in [0, 0.1) is 11.8 Å². The van der Waals surface area contributed by atoms with E-state index in [1.807, 2.05) is 24.3 Å². The number of hydrogen-bond acceptors (Lipinski definition) is 3. The van der Waals surface area contributed by atoms with Crippen LogP contribution in [0.25, 0.3) is 0 Å². The van der Waals surface area contributed by atoms with Crippen LogP contribution in [-0.4, -0.2) is 28.9 Å². The topological polar surface area (TPSA) is 66.4 Å². The molecule has 1 aliphatic heterocycles. The van der Waals surface area contributed by atoms with Gasteiger partial charge in [-0.2, -0.15) is 0 Å². The third-order valence-corrected chi connectivity index (χ3v) is 4.30. The van der Waals surface area contributed by atoms with Crippen LogP contribution in [0.4, 0.5) is 0 Å². The van der Waals surface area contributed by atoms with Gasteiger partial charge in [0.25, 0.3) is 0 Å². The molecule has 2 aliphatic rings. The fraction of sp³-hybridized carbons (Fsp3) is 0.467. The third-order valence-electron chi connectivity index (χ3n) is 4.30. The summed E-state index contributed by atoms with van der Waals surface area (Å²) in [7, 11) is 0. The van der Waals surface area contributed by atoms with E-state index in [1.54, 1.807) is 6.92 Å². The number of aliphatic hydroxyl groups excluding tert-OH is 1. The van der Waals surface area contributed by atoms with Gasteiger partial charge in [-0.3, -0.25) is 9.59 Å². The second-order valence-corrected chi connectivity index (χ2v) is 5.47. The van der Waals surface area contributed by atoms with E-state index in [0.29, 0.717) is 0 Å². The van der Waals surface area contributed by atoms with Gasteiger partial charge in [0, 0.05) is 11.5 Å². The predicted octanol–water partition coefficient (Wildman–Crippen LogP) is 0.927. The molecule has 2 N–H and O–H groups in total. The van der Waals surface area contributed by atoms with E-state index >= 15 is 0 Å². The number of fused-ring (bicyclic) bond motifs is 1. The van der Waals surface area contributed by atoms with E-state index in [-0.39, 0.29) is 23.7 Å². The number of ketones is 1. The molecule has 0 aromatic heterocycles. The van der Waals surface area contributed by atoms with Gasteiger partial charge in [-0.1, -0.05) is 24.3 Å². The number of rotatable bonds is 2. The number of hydrogen-bond donors (Lipinski definition) is 2. The minimum atomic E-state index is -0.705. The second kappa shape index (κ2) is 4.46. The smallest absolute Gasteiger partial charge is 0.228 e. The maximum atomic E-state index is 12.5. The fourth-order valence-electron chi connectivity index (χ4n) is 3.25. The van der Waals surface area contributed by atoms with Crippen LogP contribution >= 0.6 is 0 Å². The molecule has 1 aromatic rings. The van der Waals surface area contributed by atoms with E-state index in [1.165, 1.54) is 0 Å². The highest BCUT2D eigenvalue weighted by Gasteiger charge is 2.49. The predicted molar refractivity (Wildman–Crippen MR) is 69.7 cm³/mol. The number of carbonyl (C=O) groups excluding carboxylic acids is 2. The Bertz CT molecular complexity index is 538. The van der Waals surface area contributed by atoms with Crippen LogP contribution in [0.3, 0.4) is 0 Å². The van der Waals surface area contributed by atoms with Gasteiger partial charge in [0.1, 0.15) is 0 Å². The average Bonchev–Trinajstić information content (AvgIpc) is 2.36. The Kier molecular flexibility index (Phi) is 2.90. The van der Waals surface area contributed by atoms with Crippen molar-refractivity contribution in [2.24, 2.45) is 11.8 Å². The van der Waals surface area contributed by atoms with Crippen LogP contribution in [0.2, 0.25) is 0 Å². The van der Waals surface area contributed by atoms with Crippen molar-refractivity contribution < 1.29 is 14.7 Å². The highest BCUT2D eigenvalue weighted by molar-refractivity contribution is 6.02. The monoisotopic (exact) mass is 259 g/mol. The Hall–Kier alpha value is -1.68. The maximum Gasteiger partial charge on any atom is 0.228 e. The standard InChI is InChI=1S/C15H17NO3/c1-8(17)12-13(16-15(12)19)11-7-6-9-4-2-3-5-10(9)14(11)18/h2-5,8,11-13,17H,6-7H2,1H3,(H,16,19)/t8-,11-,12-,13-/m1/s1. The summed E-state index contributed by atoms with van der Waals surface area (Å²) in [6, 6.07) is 7.42. The Labute approximate surface area is 111 Å². The lowest BCUT2D eigenvalue weighted by atomic mass is 9.70. The highest BCUT2D eigenvalue weighted by Crippen LogP contribution is 2.34. The molecule has 1 heterocycles. The van der Waals surface area contributed by atoms with Crippen molar-refractivity contribution in [2.45, 2.75) is 31.9 Å². The molecule has 1 amide bonds. The van der Waals surface area contributed by atoms with Crippen LogP contribution in [0.1, 0.15) is 29.3 Å². The first-order chi connectivity index (χ1) is 9.09. The van der Waals surface area contributed by atoms with Crippen molar-refractivity contribution >= 4 is 11.7 Å². The first-order valence-electron chi connectivity index (χ1n) is 6.70. The SMILES string of the molecule is C[C@@H](O)[C@H]1C(=O)N[C@@H]1[C@H]1CCc2ccccc2C1=O. The number of β-lactam (4-membered cyclic amide) rings is 1. The molecular formula is C15H17NO3. The number of amides is 1. The number of nitrogens with one attached hydrogen (secondary N) is 1. The van der Waals surface area contributed by atoms with Gasteiger partial charge in [-0.25, -0.2) is 0 Å². The summed E-state index contributed by atoms with van der Waals surface area (Å²) in [5.74, 6) is -0.699. The molecule has 4 heteroatoms. The van der Waals surface area contributed by atoms with E-state index in [4.69, 9.17) is 0 Å². The molecule has 0 saturated carbocycles. The van der Waals surface area contributed by atoms with Gasteiger partial charge in [0.2, 0.25) is 5.91 Å². The van der Waals surface area contributed by atoms with Crippen molar-refractivity contribution in [3.8, 4) is 0 Å². The van der Waals surface area contributed by atoms with Gasteiger partial charge >= 0.3 is 0 Å². The molecule has 100 valence electrons. The van der Waals surface area contributed by atoms with Crippen molar-refractivity contribution in [3.63, 3.8) is 0 Å². The summed E-state index contributed by atoms with van der Waals surface area (Å²) in [5, 5.41) is 12.4. The zero-order valence-electron chi connectivity index (χ0n) is 10.8. The molecule has 0 radical (unpaired) electrons. The Morgan fingerprint density at radius 2 is 2.05 bits per heavy atom. The Balaban J connectivity index is 1.85. The minimum absolute atomic E-state index is 0.0949. The number of Topliss-reactive ketones (excluding diaryl/α,β-unsaturated/α-hetero) is 1. The summed E-state index contributed by atoms with van der Waals surface area (Å²) in [6.45, 7) is 1.61. The Morgan fingerprint density at radius 1 is 1.32 bits per heavy atom. The molecule has 0 unspecified atom stereocenters. The molecule has 0 spiro atoms. The van der Waals surface area contributed by atoms with Crippen molar-refractivity contribution in [3.05, 3.63) is 35.4 Å². The van der Waals surface area contributed by atoms with Crippen LogP contribution < -0.4 is 5.32 Å². The maximum absolute atomic E-state index is 12.5. The Morgan fingerprint density at radius 3 is 2.74 bits per heavy atom. The zero-order valence-corrected chi connectivity index (χ0v) is 10.8. The summed E-state index contributed by atoms with van der Waals surface area (Å²) < 4.78 is 0. The normalized spacial score (nSPS) is 31.2. The number of aryl methyl sites for hydroxylation is 1. The van der Waals surface area contributed by atoms with Crippen molar-refractivity contribution in [1.82, 2.24) is 5.32 Å². The lowest BCUT2D eigenvalue weighted by Gasteiger charge is -2.43. The minimum Gasteiger partial charge on any atom is -0.393 e. The molecule has 1 aliphatic carbocycles. The second-order valence-electron chi connectivity index (χ2n) is 5.47. The lowest BCUT2D eigenvalue weighted by molar-refractivity contribution is -0.142. The van der Waals surface area contributed by atoms with E-state index in [2.05, 4.69) is 5.32 Å². The molecule has 1 fully saturated rings. The van der Waals surface area contributed by atoms with Crippen LogP contribution in [0.5, 0.6) is 0 Å². The molecule has 3 rings (SSSR count). The van der Waals surface area contributed by atoms with E-state index < -0.39 is 12.0 Å². The van der Waals surface area contributed by atoms with Crippen LogP contribution in [-0.2, 0) is 11.2 Å². The summed E-state index contributed by atoms with van der Waals surface area (Å²) in [5.41, 5.74) is 1.85. The third kappa shape index (κ3) is 1.87. The molecule has 19 heavy (non-hydrogen) atoms. The largest absolute Gasteiger partial charge is 0.393 e. The fourth-order valence-corrected chi connectivity index (χ4v) is 3.25. The van der Waals surface area contributed by atoms with Gasteiger partial charge in [0.15, 0.2) is 5.78 Å². The van der Waals surface area contributed by atoms with E-state index in [9.17, 15) is 14.7 Å². The van der Waals surface area contributed by atoms with Gasteiger partial charge in [-0.15, -0.1) is 0 Å². The molecule has 4 atom stereocenters. The van der Waals surface area contributed by atoms with E-state index in [0.717, 1.165) is 24.0 Å². The summed E-state index contributed by atoms with van der Waals surface area (Å²) in [4.78, 5) is 24.0. The number of benzene rings is 1. The first kappa shape index (κ1) is 12.4. The molecule has 1 aromatic carbocycles. The quantitative estimate of drug-likeness (QED) is 0.776. The van der Waals surface area contributed by atoms with Crippen LogP contribution in [0.15, 0.2) is 24.3 Å². The van der Waals surface area contributed by atoms with Crippen molar-refractivity contribution in [2.75, 3.05) is 0 Å². The highest BCUT2D eigenvalue weighted by atomic mass is 16.3. The molecular weight excluding hydrogens is 242 g/mol. The zero-order chi connectivity index (χ0) is 13.6. The number of carbonyl (C=O) groups is 2. The summed E-state index contributed by atoms with van der Waals surface area (Å²) >= 11 is 0. The van der Waals surface area contributed by atoms with Crippen molar-refractivity contribution in [1.29, 1.82) is 0 Å². The van der Waals surface area contributed by atoms with Gasteiger partial charge in [0.05, 0.1) is 18.1 Å². The first-order valence-corrected chi connectivity index (χ1v) is 6.70. The molecule has 1 saturated heterocycles. The molecule has 0 bridgehead atoms. The average molecular weight is 259 g/mol.